The van der Waals surface area contributed by atoms with Gasteiger partial charge in [-0.25, -0.2) is 0 Å². The van der Waals surface area contributed by atoms with Gasteiger partial charge in [-0.1, -0.05) is 13.3 Å². The van der Waals surface area contributed by atoms with Crippen LogP contribution in [0.4, 0.5) is 0 Å². The first kappa shape index (κ1) is 13.5. The fraction of sp³-hybridized carbons (Fsp3) is 0.818. The van der Waals surface area contributed by atoms with Crippen LogP contribution in [0.15, 0.2) is 0 Å². The van der Waals surface area contributed by atoms with Crippen molar-refractivity contribution >= 4 is 10.2 Å². The van der Waals surface area contributed by atoms with E-state index in [0.29, 0.717) is 19.5 Å². The van der Waals surface area contributed by atoms with Crippen LogP contribution in [-0.4, -0.2) is 31.9 Å². The van der Waals surface area contributed by atoms with Gasteiger partial charge in [0.1, 0.15) is 0 Å². The third-order valence-corrected chi connectivity index (χ3v) is 4.50. The smallest absolute Gasteiger partial charge is 0.198 e. The molecule has 5 heteroatoms. The second kappa shape index (κ2) is 6.24. The summed E-state index contributed by atoms with van der Waals surface area (Å²) >= 11 is 0. The lowest BCUT2D eigenvalue weighted by molar-refractivity contribution is 0.338. The minimum Gasteiger partial charge on any atom is -0.198 e. The van der Waals surface area contributed by atoms with Gasteiger partial charge in [0.15, 0.2) is 0 Å². The highest BCUT2D eigenvalue weighted by atomic mass is 32.2. The normalized spacial score (nSPS) is 20.2. The summed E-state index contributed by atoms with van der Waals surface area (Å²) in [6.07, 6.45) is 9.39. The van der Waals surface area contributed by atoms with E-state index in [1.807, 2.05) is 6.92 Å². The Morgan fingerprint density at radius 1 is 1.38 bits per heavy atom. The van der Waals surface area contributed by atoms with Crippen molar-refractivity contribution in [2.45, 2.75) is 45.1 Å². The molecule has 0 radical (unpaired) electrons. The topological polar surface area (TPSA) is 49.4 Å². The molecule has 1 fully saturated rings. The van der Waals surface area contributed by atoms with E-state index in [9.17, 15) is 8.42 Å². The van der Waals surface area contributed by atoms with Crippen LogP contribution in [-0.2, 0) is 10.2 Å². The summed E-state index contributed by atoms with van der Waals surface area (Å²) in [6.45, 7) is 3.18. The standard InChI is InChI=1S/C11H20N2O2S/c1-3-8-11(4-2)12-16(14,15)13-9-6-5-7-10-13/h1,11-12H,4-10H2,2H3. The Morgan fingerprint density at radius 3 is 2.50 bits per heavy atom. The molecule has 1 rings (SSSR count). The van der Waals surface area contributed by atoms with Gasteiger partial charge in [-0.2, -0.15) is 17.4 Å². The van der Waals surface area contributed by atoms with Gasteiger partial charge in [0.25, 0.3) is 10.2 Å². The molecule has 0 bridgehead atoms. The van der Waals surface area contributed by atoms with Crippen molar-refractivity contribution in [3.8, 4) is 12.3 Å². The Morgan fingerprint density at radius 2 is 2.00 bits per heavy atom. The molecule has 0 amide bonds. The van der Waals surface area contributed by atoms with Crippen molar-refractivity contribution < 1.29 is 8.42 Å². The molecule has 92 valence electrons. The molecule has 1 saturated heterocycles. The number of piperidine rings is 1. The SMILES string of the molecule is C#CCC(CC)NS(=O)(=O)N1CCCCC1. The molecule has 0 spiro atoms. The summed E-state index contributed by atoms with van der Waals surface area (Å²) in [4.78, 5) is 0. The summed E-state index contributed by atoms with van der Waals surface area (Å²) in [7, 11) is -3.33. The lowest BCUT2D eigenvalue weighted by atomic mass is 10.2. The van der Waals surface area contributed by atoms with E-state index in [0.717, 1.165) is 25.7 Å². The second-order valence-electron chi connectivity index (χ2n) is 4.10. The van der Waals surface area contributed by atoms with E-state index >= 15 is 0 Å². The predicted molar refractivity (Wildman–Crippen MR) is 65.0 cm³/mol. The molecule has 16 heavy (non-hydrogen) atoms. The van der Waals surface area contributed by atoms with Crippen LogP contribution in [0.2, 0.25) is 0 Å². The summed E-state index contributed by atoms with van der Waals surface area (Å²) in [5.74, 6) is 2.50. The zero-order chi connectivity index (χ0) is 12.0. The maximum absolute atomic E-state index is 12.0. The van der Waals surface area contributed by atoms with Gasteiger partial charge in [-0.05, 0) is 19.3 Å². The molecule has 0 aromatic heterocycles. The number of rotatable bonds is 5. The monoisotopic (exact) mass is 244 g/mol. The van der Waals surface area contributed by atoms with Gasteiger partial charge < -0.3 is 0 Å². The van der Waals surface area contributed by atoms with Gasteiger partial charge in [-0.15, -0.1) is 12.3 Å². The molecule has 1 N–H and O–H groups in total. The molecule has 1 atom stereocenters. The molecule has 1 aliphatic heterocycles. The summed E-state index contributed by atoms with van der Waals surface area (Å²) < 4.78 is 28.1. The zero-order valence-electron chi connectivity index (χ0n) is 9.78. The lowest BCUT2D eigenvalue weighted by Crippen LogP contribution is -2.47. The number of nitrogens with one attached hydrogen (secondary N) is 1. The van der Waals surface area contributed by atoms with E-state index in [-0.39, 0.29) is 6.04 Å². The molecule has 4 nitrogen and oxygen atoms in total. The van der Waals surface area contributed by atoms with E-state index in [1.165, 1.54) is 4.31 Å². The first-order valence-electron chi connectivity index (χ1n) is 5.81. The van der Waals surface area contributed by atoms with Crippen LogP contribution < -0.4 is 4.72 Å². The van der Waals surface area contributed by atoms with Gasteiger partial charge >= 0.3 is 0 Å². The van der Waals surface area contributed by atoms with Crippen molar-refractivity contribution in [3.05, 3.63) is 0 Å². The van der Waals surface area contributed by atoms with Crippen molar-refractivity contribution in [1.29, 1.82) is 0 Å². The molecular weight excluding hydrogens is 224 g/mol. The van der Waals surface area contributed by atoms with Crippen molar-refractivity contribution in [2.75, 3.05) is 13.1 Å². The van der Waals surface area contributed by atoms with Crippen LogP contribution in [0.1, 0.15) is 39.0 Å². The molecular formula is C11H20N2O2S. The maximum Gasteiger partial charge on any atom is 0.279 e. The van der Waals surface area contributed by atoms with Gasteiger partial charge in [-0.3, -0.25) is 0 Å². The third kappa shape index (κ3) is 3.78. The molecule has 1 heterocycles. The quantitative estimate of drug-likeness (QED) is 0.736. The van der Waals surface area contributed by atoms with Crippen molar-refractivity contribution in [1.82, 2.24) is 9.03 Å². The zero-order valence-corrected chi connectivity index (χ0v) is 10.6. The molecule has 1 aliphatic rings. The van der Waals surface area contributed by atoms with Crippen molar-refractivity contribution in [3.63, 3.8) is 0 Å². The molecule has 0 aromatic carbocycles. The Labute approximate surface area is 98.6 Å². The highest BCUT2D eigenvalue weighted by molar-refractivity contribution is 7.87. The van der Waals surface area contributed by atoms with Crippen LogP contribution in [0, 0.1) is 12.3 Å². The number of hydrogen-bond donors (Lipinski definition) is 1. The van der Waals surface area contributed by atoms with Crippen LogP contribution in [0.3, 0.4) is 0 Å². The Kier molecular flexibility index (Phi) is 5.26. The van der Waals surface area contributed by atoms with Gasteiger partial charge in [0.2, 0.25) is 0 Å². The van der Waals surface area contributed by atoms with Gasteiger partial charge in [0.05, 0.1) is 0 Å². The maximum atomic E-state index is 12.0. The van der Waals surface area contributed by atoms with Crippen molar-refractivity contribution in [2.24, 2.45) is 0 Å². The molecule has 0 saturated carbocycles. The van der Waals surface area contributed by atoms with Crippen LogP contribution in [0.5, 0.6) is 0 Å². The van der Waals surface area contributed by atoms with E-state index in [2.05, 4.69) is 10.6 Å². The second-order valence-corrected chi connectivity index (χ2v) is 5.80. The highest BCUT2D eigenvalue weighted by Crippen LogP contribution is 2.13. The average molecular weight is 244 g/mol. The summed E-state index contributed by atoms with van der Waals surface area (Å²) in [5, 5.41) is 0. The number of hydrogen-bond acceptors (Lipinski definition) is 2. The first-order chi connectivity index (χ1) is 7.60. The van der Waals surface area contributed by atoms with Crippen LogP contribution >= 0.6 is 0 Å². The van der Waals surface area contributed by atoms with E-state index in [4.69, 9.17) is 6.42 Å². The predicted octanol–water partition coefficient (Wildman–Crippen LogP) is 1.11. The minimum absolute atomic E-state index is 0.142. The molecule has 0 aromatic rings. The Balaban J connectivity index is 2.59. The molecule has 0 aliphatic carbocycles. The highest BCUT2D eigenvalue weighted by Gasteiger charge is 2.25. The van der Waals surface area contributed by atoms with Gasteiger partial charge in [0, 0.05) is 25.6 Å². The fourth-order valence-corrected chi connectivity index (χ4v) is 3.36. The fourth-order valence-electron chi connectivity index (χ4n) is 1.80. The third-order valence-electron chi connectivity index (χ3n) is 2.83. The summed E-state index contributed by atoms with van der Waals surface area (Å²) in [5.41, 5.74) is 0. The first-order valence-corrected chi connectivity index (χ1v) is 7.25. The van der Waals surface area contributed by atoms with Crippen LogP contribution in [0.25, 0.3) is 0 Å². The Bertz CT molecular complexity index is 339. The largest absolute Gasteiger partial charge is 0.279 e. The summed E-state index contributed by atoms with van der Waals surface area (Å²) in [6, 6.07) is -0.142. The van der Waals surface area contributed by atoms with E-state index < -0.39 is 10.2 Å². The average Bonchev–Trinajstić information content (AvgIpc) is 2.29. The number of terminal acetylenes is 1. The Hall–Kier alpha value is -0.570. The lowest BCUT2D eigenvalue weighted by Gasteiger charge is -2.27. The minimum atomic E-state index is -3.33. The number of nitrogens with zero attached hydrogens (tertiary/aromatic N) is 1. The van der Waals surface area contributed by atoms with E-state index in [1.54, 1.807) is 0 Å². The molecule has 1 unspecified atom stereocenters.